The van der Waals surface area contributed by atoms with Crippen LogP contribution in [-0.4, -0.2) is 78.1 Å². The molecule has 0 bridgehead atoms. The molecular weight excluding hydrogens is 668 g/mol. The third-order valence-corrected chi connectivity index (χ3v) is 8.53. The molecule has 1 fully saturated rings. The van der Waals surface area contributed by atoms with Gasteiger partial charge in [0.05, 0.1) is 36.9 Å². The van der Waals surface area contributed by atoms with E-state index in [1.165, 1.54) is 48.3 Å². The quantitative estimate of drug-likeness (QED) is 0.224. The average Bonchev–Trinajstić information content (AvgIpc) is 3.14. The highest BCUT2D eigenvalue weighted by molar-refractivity contribution is 6.04. The summed E-state index contributed by atoms with van der Waals surface area (Å²) in [4.78, 5) is 47.2. The normalized spacial score (nSPS) is 14.3. The first-order chi connectivity index (χ1) is 24.8. The number of pyridine rings is 1. The number of methoxy groups -OCH3 is 1. The van der Waals surface area contributed by atoms with Gasteiger partial charge in [-0.25, -0.2) is 18.1 Å². The highest BCUT2D eigenvalue weighted by Crippen LogP contribution is 2.48. The first-order valence-corrected chi connectivity index (χ1v) is 16.3. The Morgan fingerprint density at radius 1 is 0.902 bits per heavy atom. The van der Waals surface area contributed by atoms with Crippen LogP contribution in [0.3, 0.4) is 0 Å². The lowest BCUT2D eigenvalue weighted by molar-refractivity contribution is 0.0369. The van der Waals surface area contributed by atoms with Crippen molar-refractivity contribution in [3.63, 3.8) is 0 Å². The molecule has 0 atom stereocenters. The number of carbonyl (C=O) groups is 1. The zero-order valence-corrected chi connectivity index (χ0v) is 27.5. The molecule has 2 aliphatic heterocycles. The van der Waals surface area contributed by atoms with Crippen LogP contribution in [0.25, 0.3) is 16.6 Å². The molecule has 15 heteroatoms. The van der Waals surface area contributed by atoms with Crippen molar-refractivity contribution in [3.05, 3.63) is 105 Å². The molecule has 13 nitrogen and oxygen atoms in total. The Labute approximate surface area is 289 Å². The first kappa shape index (κ1) is 33.7. The predicted octanol–water partition coefficient (Wildman–Crippen LogP) is 4.37. The first-order valence-electron chi connectivity index (χ1n) is 16.3. The fourth-order valence-electron chi connectivity index (χ4n) is 6.01. The van der Waals surface area contributed by atoms with Gasteiger partial charge in [0.15, 0.2) is 23.1 Å². The molecule has 1 amide bonds. The summed E-state index contributed by atoms with van der Waals surface area (Å²) in [6, 6.07) is 11.8. The molecule has 0 saturated carbocycles. The van der Waals surface area contributed by atoms with Gasteiger partial charge in [0, 0.05) is 56.4 Å². The van der Waals surface area contributed by atoms with Gasteiger partial charge in [-0.05, 0) is 48.9 Å². The Hall–Kier alpha value is -5.80. The number of hydrogen-bond donors (Lipinski definition) is 1. The summed E-state index contributed by atoms with van der Waals surface area (Å²) in [6.07, 6.45) is 3.25. The molecule has 0 aliphatic carbocycles. The van der Waals surface area contributed by atoms with Crippen LogP contribution in [0.2, 0.25) is 0 Å². The van der Waals surface area contributed by atoms with E-state index in [9.17, 15) is 18.8 Å². The minimum Gasteiger partial charge on any atom is -0.493 e. The molecule has 5 aromatic rings. The summed E-state index contributed by atoms with van der Waals surface area (Å²) < 4.78 is 59.8. The third-order valence-electron chi connectivity index (χ3n) is 8.53. The fraction of sp³-hybridized carbons (Fsp3) is 0.278. The van der Waals surface area contributed by atoms with E-state index in [0.29, 0.717) is 60.9 Å². The van der Waals surface area contributed by atoms with Gasteiger partial charge in [-0.15, -0.1) is 0 Å². The highest BCUT2D eigenvalue weighted by atomic mass is 19.1. The number of fused-ring (bicyclic) bond motifs is 3. The van der Waals surface area contributed by atoms with E-state index in [0.717, 1.165) is 35.9 Å². The molecule has 0 spiro atoms. The lowest BCUT2D eigenvalue weighted by atomic mass is 10.1. The van der Waals surface area contributed by atoms with Gasteiger partial charge in [-0.1, -0.05) is 0 Å². The van der Waals surface area contributed by atoms with Gasteiger partial charge in [0.2, 0.25) is 5.75 Å². The standard InChI is InChI=1S/C36H33F2N5O8/c1-47-30-20-27-31(33-32(30)49-17-18-50-33)29(9-10-39-27)51-28-8-5-23(19-26(28)38)40-34(44)25-21-42(12-2-11-41-13-15-48-16-14-41)36(46)43(35(25)45)24-6-3-22(37)4-7-24/h3-10,19-21H,2,11-18H2,1H3,(H,40,44). The molecule has 7 rings (SSSR count). The number of ether oxygens (including phenoxy) is 5. The number of hydrogen-bond acceptors (Lipinski definition) is 10. The number of aromatic nitrogens is 3. The molecule has 1 N–H and O–H groups in total. The van der Waals surface area contributed by atoms with Crippen molar-refractivity contribution in [2.24, 2.45) is 0 Å². The van der Waals surface area contributed by atoms with Crippen LogP contribution in [0, 0.1) is 11.6 Å². The number of benzene rings is 3. The van der Waals surface area contributed by atoms with Crippen LogP contribution in [-0.2, 0) is 11.3 Å². The minimum absolute atomic E-state index is 0.0288. The summed E-state index contributed by atoms with van der Waals surface area (Å²) in [5.74, 6) is -0.975. The molecule has 0 radical (unpaired) electrons. The SMILES string of the molecule is COc1cc2nccc(Oc3ccc(NC(=O)c4cn(CCCN5CCOCC5)c(=O)n(-c5ccc(F)cc5)c4=O)cc3F)c2c2c1OCCO2. The molecule has 0 unspecified atom stereocenters. The lowest BCUT2D eigenvalue weighted by Gasteiger charge is -2.26. The summed E-state index contributed by atoms with van der Waals surface area (Å²) in [5.41, 5.74) is -1.36. The van der Waals surface area contributed by atoms with E-state index in [2.05, 4.69) is 15.2 Å². The smallest absolute Gasteiger partial charge is 0.335 e. The second kappa shape index (κ2) is 14.6. The third kappa shape index (κ3) is 6.98. The summed E-state index contributed by atoms with van der Waals surface area (Å²) in [5, 5.41) is 3.01. The molecule has 1 saturated heterocycles. The zero-order valence-electron chi connectivity index (χ0n) is 27.5. The van der Waals surface area contributed by atoms with Crippen LogP contribution >= 0.6 is 0 Å². The summed E-state index contributed by atoms with van der Waals surface area (Å²) in [7, 11) is 1.50. The number of amides is 1. The molecular formula is C36H33F2N5O8. The second-order valence-electron chi connectivity index (χ2n) is 11.8. The molecule has 2 aliphatic rings. The van der Waals surface area contributed by atoms with E-state index in [1.807, 2.05) is 0 Å². The van der Waals surface area contributed by atoms with Crippen LogP contribution < -0.4 is 35.5 Å². The van der Waals surface area contributed by atoms with E-state index in [4.69, 9.17) is 23.7 Å². The van der Waals surface area contributed by atoms with Crippen LogP contribution in [0.15, 0.2) is 76.6 Å². The Morgan fingerprint density at radius 2 is 1.67 bits per heavy atom. The summed E-state index contributed by atoms with van der Waals surface area (Å²) in [6.45, 7) is 4.25. The lowest BCUT2D eigenvalue weighted by Crippen LogP contribution is -2.43. The fourth-order valence-corrected chi connectivity index (χ4v) is 6.01. The molecule has 3 aromatic carbocycles. The predicted molar refractivity (Wildman–Crippen MR) is 182 cm³/mol. The Kier molecular flexibility index (Phi) is 9.63. The van der Waals surface area contributed by atoms with Crippen molar-refractivity contribution in [1.29, 1.82) is 0 Å². The molecule has 264 valence electrons. The van der Waals surface area contributed by atoms with Crippen molar-refractivity contribution >= 4 is 22.5 Å². The Bertz CT molecular complexity index is 2220. The van der Waals surface area contributed by atoms with Crippen molar-refractivity contribution in [2.75, 3.05) is 58.5 Å². The van der Waals surface area contributed by atoms with Crippen LogP contribution in [0.1, 0.15) is 16.8 Å². The Balaban J connectivity index is 1.15. The van der Waals surface area contributed by atoms with Gasteiger partial charge in [-0.3, -0.25) is 24.0 Å². The number of carbonyl (C=O) groups excluding carboxylic acids is 1. The van der Waals surface area contributed by atoms with E-state index in [1.54, 1.807) is 12.1 Å². The van der Waals surface area contributed by atoms with Gasteiger partial charge in [-0.2, -0.15) is 0 Å². The monoisotopic (exact) mass is 701 g/mol. The van der Waals surface area contributed by atoms with Crippen molar-refractivity contribution in [3.8, 4) is 34.4 Å². The number of aryl methyl sites for hydroxylation is 1. The maximum atomic E-state index is 15.5. The van der Waals surface area contributed by atoms with E-state index >= 15 is 4.39 Å². The van der Waals surface area contributed by atoms with Crippen molar-refractivity contribution in [2.45, 2.75) is 13.0 Å². The van der Waals surface area contributed by atoms with Crippen LogP contribution in [0.4, 0.5) is 14.5 Å². The van der Waals surface area contributed by atoms with E-state index < -0.39 is 28.8 Å². The van der Waals surface area contributed by atoms with Crippen molar-refractivity contribution < 1.29 is 37.3 Å². The maximum absolute atomic E-state index is 15.5. The van der Waals surface area contributed by atoms with Gasteiger partial charge in [0.1, 0.15) is 30.3 Å². The Morgan fingerprint density at radius 3 is 2.41 bits per heavy atom. The molecule has 4 heterocycles. The highest BCUT2D eigenvalue weighted by Gasteiger charge is 2.25. The second-order valence-corrected chi connectivity index (χ2v) is 11.8. The maximum Gasteiger partial charge on any atom is 0.335 e. The average molecular weight is 702 g/mol. The van der Waals surface area contributed by atoms with Crippen LogP contribution in [0.5, 0.6) is 28.7 Å². The van der Waals surface area contributed by atoms with Crippen molar-refractivity contribution in [1.82, 2.24) is 19.0 Å². The van der Waals surface area contributed by atoms with Gasteiger partial charge in [0.25, 0.3) is 11.5 Å². The summed E-state index contributed by atoms with van der Waals surface area (Å²) >= 11 is 0. The van der Waals surface area contributed by atoms with Gasteiger partial charge >= 0.3 is 5.69 Å². The molecule has 51 heavy (non-hydrogen) atoms. The number of rotatable bonds is 10. The number of anilines is 1. The number of nitrogens with one attached hydrogen (secondary N) is 1. The number of morpholine rings is 1. The minimum atomic E-state index is -0.912. The number of nitrogens with zero attached hydrogens (tertiary/aromatic N) is 4. The zero-order chi connectivity index (χ0) is 35.5. The van der Waals surface area contributed by atoms with E-state index in [-0.39, 0.29) is 41.6 Å². The topological polar surface area (TPSA) is 135 Å². The van der Waals surface area contributed by atoms with Gasteiger partial charge < -0.3 is 29.0 Å². The number of halogens is 2. The molecule has 2 aromatic heterocycles. The largest absolute Gasteiger partial charge is 0.493 e.